The van der Waals surface area contributed by atoms with E-state index in [-0.39, 0.29) is 15.6 Å². The minimum absolute atomic E-state index is 0.00812. The average molecular weight is 257 g/mol. The highest BCUT2D eigenvalue weighted by atomic mass is 32.1. The summed E-state index contributed by atoms with van der Waals surface area (Å²) in [7, 11) is 1.20. The molecule has 5 nitrogen and oxygen atoms in total. The highest BCUT2D eigenvalue weighted by Gasteiger charge is 2.17. The molecule has 0 aromatic carbocycles. The van der Waals surface area contributed by atoms with Gasteiger partial charge < -0.3 is 4.74 Å². The first-order chi connectivity index (χ1) is 8.11. The van der Waals surface area contributed by atoms with Crippen molar-refractivity contribution in [2.75, 3.05) is 7.11 Å². The molecular weight excluding hydrogens is 252 g/mol. The molecular formula is C9H5F2N3O2S. The number of methoxy groups -OCH3 is 1. The Morgan fingerprint density at radius 2 is 2.12 bits per heavy atom. The van der Waals surface area contributed by atoms with Crippen LogP contribution in [0.15, 0.2) is 12.1 Å². The van der Waals surface area contributed by atoms with E-state index in [1.165, 1.54) is 13.2 Å². The lowest BCUT2D eigenvalue weighted by Crippen LogP contribution is -1.99. The van der Waals surface area contributed by atoms with Gasteiger partial charge in [-0.25, -0.2) is 4.79 Å². The maximum Gasteiger partial charge on any atom is 0.369 e. The maximum atomic E-state index is 13.3. The second kappa shape index (κ2) is 4.50. The molecule has 2 heterocycles. The van der Waals surface area contributed by atoms with Crippen molar-refractivity contribution >= 4 is 17.3 Å². The fraction of sp³-hybridized carbons (Fsp3) is 0.111. The van der Waals surface area contributed by atoms with Crippen LogP contribution in [0, 0.1) is 11.9 Å². The fourth-order valence-corrected chi connectivity index (χ4v) is 1.85. The van der Waals surface area contributed by atoms with Gasteiger partial charge in [0.25, 0.3) is 0 Å². The number of hydrogen-bond donors (Lipinski definition) is 0. The van der Waals surface area contributed by atoms with Crippen LogP contribution < -0.4 is 0 Å². The molecule has 2 aromatic rings. The van der Waals surface area contributed by atoms with E-state index in [0.717, 1.165) is 17.4 Å². The Balaban J connectivity index is 2.40. The van der Waals surface area contributed by atoms with Crippen molar-refractivity contribution < 1.29 is 18.3 Å². The average Bonchev–Trinajstić information content (AvgIpc) is 2.77. The second-order valence-corrected chi connectivity index (χ2v) is 3.85. The van der Waals surface area contributed by atoms with Gasteiger partial charge in [0.1, 0.15) is 0 Å². The van der Waals surface area contributed by atoms with E-state index in [0.29, 0.717) is 0 Å². The topological polar surface area (TPSA) is 65.0 Å². The van der Waals surface area contributed by atoms with Gasteiger partial charge in [-0.05, 0) is 12.1 Å². The third-order valence-electron chi connectivity index (χ3n) is 1.83. The molecule has 2 aromatic heterocycles. The summed E-state index contributed by atoms with van der Waals surface area (Å²) in [6.45, 7) is 0. The number of pyridine rings is 1. The van der Waals surface area contributed by atoms with Crippen molar-refractivity contribution in [3.05, 3.63) is 29.0 Å². The summed E-state index contributed by atoms with van der Waals surface area (Å²) in [6.07, 6.45) is 0. The number of nitrogens with zero attached hydrogens (tertiary/aromatic N) is 3. The van der Waals surface area contributed by atoms with Crippen molar-refractivity contribution in [2.24, 2.45) is 0 Å². The summed E-state index contributed by atoms with van der Waals surface area (Å²) >= 11 is 0.839. The van der Waals surface area contributed by atoms with Crippen molar-refractivity contribution in [3.8, 4) is 10.6 Å². The normalized spacial score (nSPS) is 10.3. The molecule has 0 spiro atoms. The summed E-state index contributed by atoms with van der Waals surface area (Å²) in [4.78, 5) is 14.1. The molecule has 8 heteroatoms. The van der Waals surface area contributed by atoms with Gasteiger partial charge in [-0.2, -0.15) is 13.8 Å². The number of halogens is 2. The Hall–Kier alpha value is -1.96. The molecule has 0 bridgehead atoms. The molecule has 0 aliphatic heterocycles. The Labute approximate surface area is 98.1 Å². The first kappa shape index (κ1) is 11.5. The third-order valence-corrected chi connectivity index (χ3v) is 2.77. The summed E-state index contributed by atoms with van der Waals surface area (Å²) in [5.41, 5.74) is -0.0148. The Morgan fingerprint density at radius 3 is 2.76 bits per heavy atom. The molecule has 0 fully saturated rings. The lowest BCUT2D eigenvalue weighted by Gasteiger charge is -1.96. The van der Waals surface area contributed by atoms with Gasteiger partial charge in [-0.1, -0.05) is 11.3 Å². The van der Waals surface area contributed by atoms with E-state index < -0.39 is 17.9 Å². The molecule has 0 aliphatic carbocycles. The molecule has 0 aliphatic rings. The smallest absolute Gasteiger partial charge is 0.369 e. The third kappa shape index (κ3) is 2.26. The largest absolute Gasteiger partial charge is 0.464 e. The number of esters is 1. The quantitative estimate of drug-likeness (QED) is 0.604. The first-order valence-corrected chi connectivity index (χ1v) is 5.17. The van der Waals surface area contributed by atoms with Crippen LogP contribution in [0.4, 0.5) is 8.78 Å². The van der Waals surface area contributed by atoms with E-state index in [1.807, 2.05) is 0 Å². The van der Waals surface area contributed by atoms with E-state index in [1.54, 1.807) is 0 Å². The summed E-state index contributed by atoms with van der Waals surface area (Å²) in [6, 6.07) is 2.18. The maximum absolute atomic E-state index is 13.3. The van der Waals surface area contributed by atoms with Crippen LogP contribution in [0.1, 0.15) is 9.80 Å². The van der Waals surface area contributed by atoms with E-state index in [9.17, 15) is 13.6 Å². The molecule has 0 unspecified atom stereocenters. The lowest BCUT2D eigenvalue weighted by atomic mass is 10.3. The molecule has 0 saturated heterocycles. The van der Waals surface area contributed by atoms with Crippen LogP contribution in [0.5, 0.6) is 0 Å². The zero-order chi connectivity index (χ0) is 12.4. The number of aromatic nitrogens is 3. The van der Waals surface area contributed by atoms with Gasteiger partial charge in [0, 0.05) is 0 Å². The van der Waals surface area contributed by atoms with E-state index in [2.05, 4.69) is 19.9 Å². The van der Waals surface area contributed by atoms with Crippen LogP contribution in [0.2, 0.25) is 0 Å². The molecule has 0 amide bonds. The van der Waals surface area contributed by atoms with Gasteiger partial charge in [0.15, 0.2) is 5.01 Å². The van der Waals surface area contributed by atoms with Crippen LogP contribution in [-0.2, 0) is 4.74 Å². The molecule has 0 N–H and O–H groups in total. The molecule has 0 atom stereocenters. The van der Waals surface area contributed by atoms with E-state index in [4.69, 9.17) is 0 Å². The van der Waals surface area contributed by atoms with Crippen molar-refractivity contribution in [2.45, 2.75) is 0 Å². The number of rotatable bonds is 2. The van der Waals surface area contributed by atoms with Gasteiger partial charge in [-0.15, -0.1) is 10.2 Å². The van der Waals surface area contributed by atoms with Crippen molar-refractivity contribution in [1.82, 2.24) is 15.2 Å². The van der Waals surface area contributed by atoms with Gasteiger partial charge in [0.2, 0.25) is 16.9 Å². The number of hydrogen-bond acceptors (Lipinski definition) is 6. The Morgan fingerprint density at radius 1 is 1.35 bits per heavy atom. The Kier molecular flexibility index (Phi) is 3.05. The SMILES string of the molecule is COC(=O)c1nnc(-c2ccc(F)nc2F)s1. The zero-order valence-corrected chi connectivity index (χ0v) is 9.29. The molecule has 2 rings (SSSR count). The lowest BCUT2D eigenvalue weighted by molar-refractivity contribution is 0.0599. The van der Waals surface area contributed by atoms with E-state index >= 15 is 0 Å². The summed E-state index contributed by atoms with van der Waals surface area (Å²) in [5, 5.41) is 7.27. The molecule has 0 saturated carbocycles. The van der Waals surface area contributed by atoms with Gasteiger partial charge >= 0.3 is 5.97 Å². The van der Waals surface area contributed by atoms with Crippen LogP contribution in [0.25, 0.3) is 10.6 Å². The zero-order valence-electron chi connectivity index (χ0n) is 8.48. The number of carbonyl (C=O) groups is 1. The minimum atomic E-state index is -1.00. The van der Waals surface area contributed by atoms with Crippen LogP contribution in [0.3, 0.4) is 0 Å². The highest BCUT2D eigenvalue weighted by molar-refractivity contribution is 7.16. The monoisotopic (exact) mass is 257 g/mol. The van der Waals surface area contributed by atoms with Crippen molar-refractivity contribution in [1.29, 1.82) is 0 Å². The van der Waals surface area contributed by atoms with Gasteiger partial charge in [0.05, 0.1) is 12.7 Å². The number of ether oxygens (including phenoxy) is 1. The Bertz CT molecular complexity index is 573. The second-order valence-electron chi connectivity index (χ2n) is 2.88. The highest BCUT2D eigenvalue weighted by Crippen LogP contribution is 2.25. The molecule has 0 radical (unpaired) electrons. The predicted octanol–water partition coefficient (Wildman–Crippen LogP) is 1.66. The standard InChI is InChI=1S/C9H5F2N3O2S/c1-16-9(15)8-14-13-7(17-8)4-2-3-5(10)12-6(4)11/h2-3H,1H3. The number of carbonyl (C=O) groups excluding carboxylic acids is 1. The first-order valence-electron chi connectivity index (χ1n) is 4.36. The fourth-order valence-electron chi connectivity index (χ4n) is 1.07. The van der Waals surface area contributed by atoms with Gasteiger partial charge in [-0.3, -0.25) is 0 Å². The van der Waals surface area contributed by atoms with Crippen LogP contribution in [-0.4, -0.2) is 28.3 Å². The summed E-state index contributed by atoms with van der Waals surface area (Å²) in [5.74, 6) is -2.59. The van der Waals surface area contributed by atoms with Crippen molar-refractivity contribution in [3.63, 3.8) is 0 Å². The van der Waals surface area contributed by atoms with Crippen LogP contribution >= 0.6 is 11.3 Å². The molecule has 17 heavy (non-hydrogen) atoms. The minimum Gasteiger partial charge on any atom is -0.464 e. The predicted molar refractivity (Wildman–Crippen MR) is 54.4 cm³/mol. The summed E-state index contributed by atoms with van der Waals surface area (Å²) < 4.78 is 30.3. The molecule has 88 valence electrons.